The van der Waals surface area contributed by atoms with Crippen LogP contribution in [0, 0.1) is 5.92 Å². The number of aliphatic carboxylic acids is 1. The van der Waals surface area contributed by atoms with E-state index in [4.69, 9.17) is 23.2 Å². The van der Waals surface area contributed by atoms with Crippen LogP contribution in [0.15, 0.2) is 36.4 Å². The summed E-state index contributed by atoms with van der Waals surface area (Å²) in [7, 11) is 1.59. The van der Waals surface area contributed by atoms with Crippen LogP contribution in [0.2, 0.25) is 10.0 Å². The molecule has 1 atom stereocenters. The van der Waals surface area contributed by atoms with E-state index >= 15 is 0 Å². The lowest BCUT2D eigenvalue weighted by Gasteiger charge is -2.14. The lowest BCUT2D eigenvalue weighted by Crippen LogP contribution is -2.33. The van der Waals surface area contributed by atoms with Gasteiger partial charge in [-0.1, -0.05) is 54.6 Å². The number of aromatic hydroxyl groups is 1. The molecule has 0 aliphatic heterocycles. The van der Waals surface area contributed by atoms with Gasteiger partial charge in [-0.3, -0.25) is 14.4 Å². The summed E-state index contributed by atoms with van der Waals surface area (Å²) in [5, 5.41) is 30.5. The lowest BCUT2D eigenvalue weighted by molar-refractivity contribution is -0.141. The summed E-state index contributed by atoms with van der Waals surface area (Å²) in [5.74, 6) is -2.81. The Morgan fingerprint density at radius 3 is 2.12 bits per heavy atom. The first-order chi connectivity index (χ1) is 20.1. The maximum absolute atomic E-state index is 13.0. The van der Waals surface area contributed by atoms with E-state index in [9.17, 15) is 29.4 Å². The molecule has 2 aromatic carbocycles. The van der Waals surface area contributed by atoms with E-state index in [2.05, 4.69) is 21.3 Å². The predicted octanol–water partition coefficient (Wildman–Crippen LogP) is 5.15. The summed E-state index contributed by atoms with van der Waals surface area (Å²) in [5.41, 5.74) is 0.852. The maximum Gasteiger partial charge on any atom is 0.314 e. The molecule has 0 aliphatic carbocycles. The molecule has 6 N–H and O–H groups in total. The molecule has 10 nitrogen and oxygen atoms in total. The molecule has 0 aliphatic rings. The van der Waals surface area contributed by atoms with E-state index in [-0.39, 0.29) is 45.9 Å². The number of hydrogen-bond acceptors (Lipinski definition) is 6. The topological polar surface area (TPSA) is 157 Å². The fourth-order valence-electron chi connectivity index (χ4n) is 4.34. The number of unbranched alkanes of at least 4 members (excludes halogenated alkanes) is 4. The van der Waals surface area contributed by atoms with Crippen LogP contribution < -0.4 is 21.3 Å². The van der Waals surface area contributed by atoms with Gasteiger partial charge in [0.15, 0.2) is 5.78 Å². The van der Waals surface area contributed by atoms with Crippen molar-refractivity contribution in [1.29, 1.82) is 0 Å². The summed E-state index contributed by atoms with van der Waals surface area (Å²) in [6.45, 7) is 2.44. The number of Topliss-reactive ketones (excluding diaryl/α,β-unsaturated/α-hetero) is 1. The van der Waals surface area contributed by atoms with Crippen molar-refractivity contribution in [2.24, 2.45) is 5.92 Å². The number of urea groups is 1. The normalized spacial score (nSPS) is 11.5. The molecular weight excluding hydrogens is 583 g/mol. The molecule has 0 radical (unpaired) electrons. The van der Waals surface area contributed by atoms with Crippen molar-refractivity contribution in [3.63, 3.8) is 0 Å². The summed E-state index contributed by atoms with van der Waals surface area (Å²) in [6.07, 6.45) is 5.55. The Morgan fingerprint density at radius 1 is 0.857 bits per heavy atom. The number of carboxylic acids is 1. The molecular formula is C30H40Cl2N4O6. The van der Waals surface area contributed by atoms with Crippen LogP contribution in [-0.4, -0.2) is 60.6 Å². The third kappa shape index (κ3) is 12.7. The van der Waals surface area contributed by atoms with Crippen LogP contribution in [0.25, 0.3) is 0 Å². The molecule has 0 aromatic heterocycles. The van der Waals surface area contributed by atoms with Crippen molar-refractivity contribution in [2.75, 3.05) is 26.7 Å². The minimum absolute atomic E-state index is 0.000178. The van der Waals surface area contributed by atoms with Gasteiger partial charge >= 0.3 is 12.0 Å². The van der Waals surface area contributed by atoms with Gasteiger partial charge in [-0.25, -0.2) is 4.79 Å². The number of phenols is 1. The van der Waals surface area contributed by atoms with Gasteiger partial charge in [0.2, 0.25) is 0 Å². The SMILES string of the molecule is CNC(=O)NCCCCCCNCCCC[C@H](CC(=O)c1c(Cl)cc(C(=O)NCc2cccc(O)c2)cc1Cl)C(=O)O. The average molecular weight is 624 g/mol. The second kappa shape index (κ2) is 19.0. The van der Waals surface area contributed by atoms with Crippen LogP contribution in [0.4, 0.5) is 4.79 Å². The van der Waals surface area contributed by atoms with Crippen LogP contribution in [0.3, 0.4) is 0 Å². The summed E-state index contributed by atoms with van der Waals surface area (Å²) >= 11 is 12.6. The Labute approximate surface area is 256 Å². The molecule has 0 heterocycles. The molecule has 2 rings (SSSR count). The first kappa shape index (κ1) is 34.9. The van der Waals surface area contributed by atoms with Crippen molar-refractivity contribution in [3.8, 4) is 5.75 Å². The highest BCUT2D eigenvalue weighted by Gasteiger charge is 2.25. The Morgan fingerprint density at radius 2 is 1.50 bits per heavy atom. The van der Waals surface area contributed by atoms with Crippen molar-refractivity contribution in [2.45, 2.75) is 57.9 Å². The number of rotatable bonds is 19. The quantitative estimate of drug-likeness (QED) is 0.0933. The number of carbonyl (C=O) groups is 4. The van der Waals surface area contributed by atoms with E-state index in [0.717, 1.165) is 45.2 Å². The molecule has 0 bridgehead atoms. The predicted molar refractivity (Wildman–Crippen MR) is 163 cm³/mol. The third-order valence-corrected chi connectivity index (χ3v) is 7.27. The third-order valence-electron chi connectivity index (χ3n) is 6.68. The standard InChI is InChI=1S/C30H40Cl2N4O6/c1-33-30(42)35-14-6-3-2-5-12-34-13-7-4-10-21(29(40)41)18-26(38)27-24(31)16-22(17-25(27)32)28(39)36-19-20-9-8-11-23(37)15-20/h8-9,11,15-17,21,34,37H,2-7,10,12-14,18-19H2,1H3,(H,36,39)(H,40,41)(H2,33,35,42)/t21-/m1/s1. The maximum atomic E-state index is 13.0. The van der Waals surface area contributed by atoms with E-state index in [1.807, 2.05) is 0 Å². The van der Waals surface area contributed by atoms with Crippen LogP contribution in [0.5, 0.6) is 5.75 Å². The van der Waals surface area contributed by atoms with Gasteiger partial charge in [0.05, 0.1) is 21.5 Å². The zero-order chi connectivity index (χ0) is 30.9. The minimum Gasteiger partial charge on any atom is -0.508 e. The van der Waals surface area contributed by atoms with E-state index in [1.165, 1.54) is 24.3 Å². The smallest absolute Gasteiger partial charge is 0.314 e. The fourth-order valence-corrected chi connectivity index (χ4v) is 5.04. The second-order valence-electron chi connectivity index (χ2n) is 10.00. The van der Waals surface area contributed by atoms with Crippen molar-refractivity contribution in [3.05, 3.63) is 63.1 Å². The number of nitrogens with one attached hydrogen (secondary N) is 4. The van der Waals surface area contributed by atoms with Gasteiger partial charge < -0.3 is 31.5 Å². The van der Waals surface area contributed by atoms with E-state index in [0.29, 0.717) is 24.9 Å². The van der Waals surface area contributed by atoms with Gasteiger partial charge in [-0.15, -0.1) is 0 Å². The number of amides is 3. The highest BCUT2D eigenvalue weighted by molar-refractivity contribution is 6.40. The minimum atomic E-state index is -1.06. The Balaban J connectivity index is 1.74. The van der Waals surface area contributed by atoms with Gasteiger partial charge in [-0.05, 0) is 68.6 Å². The number of carbonyl (C=O) groups excluding carboxylic acids is 3. The number of hydrogen-bond donors (Lipinski definition) is 6. The van der Waals surface area contributed by atoms with E-state index < -0.39 is 23.6 Å². The first-order valence-electron chi connectivity index (χ1n) is 14.1. The van der Waals surface area contributed by atoms with Crippen LogP contribution in [0.1, 0.15) is 77.6 Å². The van der Waals surface area contributed by atoms with Crippen molar-refractivity contribution >= 4 is 46.9 Å². The summed E-state index contributed by atoms with van der Waals surface area (Å²) < 4.78 is 0. The van der Waals surface area contributed by atoms with Crippen LogP contribution >= 0.6 is 23.2 Å². The molecule has 3 amide bonds. The molecule has 12 heteroatoms. The molecule has 0 saturated carbocycles. The summed E-state index contributed by atoms with van der Waals surface area (Å²) in [4.78, 5) is 48.5. The van der Waals surface area contributed by atoms with Crippen molar-refractivity contribution in [1.82, 2.24) is 21.3 Å². The highest BCUT2D eigenvalue weighted by atomic mass is 35.5. The summed E-state index contributed by atoms with van der Waals surface area (Å²) in [6, 6.07) is 8.96. The Kier molecular flexibility index (Phi) is 15.7. The Bertz CT molecular complexity index is 1190. The molecule has 230 valence electrons. The molecule has 0 spiro atoms. The number of phenolic OH excluding ortho intramolecular Hbond substituents is 1. The number of ketones is 1. The fraction of sp³-hybridized carbons (Fsp3) is 0.467. The number of benzene rings is 2. The number of carboxylic acid groups (broad SMARTS) is 1. The van der Waals surface area contributed by atoms with Gasteiger partial charge in [0.25, 0.3) is 5.91 Å². The van der Waals surface area contributed by atoms with Gasteiger partial charge in [0.1, 0.15) is 5.75 Å². The molecule has 0 unspecified atom stereocenters. The molecule has 42 heavy (non-hydrogen) atoms. The zero-order valence-corrected chi connectivity index (χ0v) is 25.3. The monoisotopic (exact) mass is 622 g/mol. The van der Waals surface area contributed by atoms with Gasteiger partial charge in [0, 0.05) is 32.1 Å². The van der Waals surface area contributed by atoms with E-state index in [1.54, 1.807) is 19.2 Å². The zero-order valence-electron chi connectivity index (χ0n) is 23.8. The van der Waals surface area contributed by atoms with Gasteiger partial charge in [-0.2, -0.15) is 0 Å². The molecule has 0 fully saturated rings. The lowest BCUT2D eigenvalue weighted by atomic mass is 9.93. The largest absolute Gasteiger partial charge is 0.508 e. The average Bonchev–Trinajstić information content (AvgIpc) is 2.95. The second-order valence-corrected chi connectivity index (χ2v) is 10.8. The number of halogens is 2. The molecule has 2 aromatic rings. The highest BCUT2D eigenvalue weighted by Crippen LogP contribution is 2.30. The van der Waals surface area contributed by atoms with Crippen molar-refractivity contribution < 1.29 is 29.4 Å². The first-order valence-corrected chi connectivity index (χ1v) is 14.9. The Hall–Kier alpha value is -3.34. The van der Waals surface area contributed by atoms with Crippen LogP contribution in [-0.2, 0) is 11.3 Å². The molecule has 0 saturated heterocycles.